The van der Waals surface area contributed by atoms with Gasteiger partial charge >= 0.3 is 0 Å². The summed E-state index contributed by atoms with van der Waals surface area (Å²) in [5.41, 5.74) is 2.87. The number of aryl methyl sites for hydroxylation is 1. The van der Waals surface area contributed by atoms with Crippen LogP contribution in [0.1, 0.15) is 17.0 Å². The van der Waals surface area contributed by atoms with E-state index in [2.05, 4.69) is 19.9 Å². The minimum atomic E-state index is -0.415. The number of hydroxylamine groups is 1. The van der Waals surface area contributed by atoms with Crippen LogP contribution in [-0.4, -0.2) is 26.5 Å². The van der Waals surface area contributed by atoms with Crippen molar-refractivity contribution < 1.29 is 19.3 Å². The van der Waals surface area contributed by atoms with Gasteiger partial charge in [0.05, 0.1) is 12.3 Å². The van der Waals surface area contributed by atoms with E-state index in [-0.39, 0.29) is 23.0 Å². The molecule has 19 heavy (non-hydrogen) atoms. The Morgan fingerprint density at radius 2 is 2.26 bits per heavy atom. The third kappa shape index (κ3) is 2.75. The van der Waals surface area contributed by atoms with Gasteiger partial charge in [0.15, 0.2) is 11.5 Å². The Kier molecular flexibility index (Phi) is 3.83. The third-order valence-corrected chi connectivity index (χ3v) is 2.42. The van der Waals surface area contributed by atoms with Crippen LogP contribution in [0.5, 0.6) is 0 Å². The molecule has 0 saturated heterocycles. The SMILES string of the molecule is Cc1cc(N=C(NO)c2nonc2CO)ccc1F. The van der Waals surface area contributed by atoms with Crippen molar-refractivity contribution in [1.82, 2.24) is 15.8 Å². The molecule has 0 saturated carbocycles. The number of aromatic nitrogens is 2. The molecule has 0 amide bonds. The normalized spacial score (nSPS) is 11.7. The number of hydrogen-bond acceptors (Lipinski definition) is 6. The second kappa shape index (κ2) is 5.55. The summed E-state index contributed by atoms with van der Waals surface area (Å²) >= 11 is 0. The van der Waals surface area contributed by atoms with Gasteiger partial charge in [0, 0.05) is 0 Å². The van der Waals surface area contributed by atoms with Gasteiger partial charge in [-0.1, -0.05) is 5.16 Å². The topological polar surface area (TPSA) is 104 Å². The quantitative estimate of drug-likeness (QED) is 0.436. The maximum Gasteiger partial charge on any atom is 0.182 e. The predicted octanol–water partition coefficient (Wildman–Crippen LogP) is 1.07. The Hall–Kier alpha value is -2.32. The number of benzene rings is 1. The Balaban J connectivity index is 2.41. The first-order valence-corrected chi connectivity index (χ1v) is 5.33. The van der Waals surface area contributed by atoms with Gasteiger partial charge in [-0.3, -0.25) is 10.7 Å². The number of rotatable bonds is 3. The Labute approximate surface area is 107 Å². The van der Waals surface area contributed by atoms with Crippen molar-refractivity contribution in [3.63, 3.8) is 0 Å². The monoisotopic (exact) mass is 266 g/mol. The van der Waals surface area contributed by atoms with E-state index in [1.165, 1.54) is 18.2 Å². The Bertz CT molecular complexity index is 612. The number of amidine groups is 1. The molecule has 3 N–H and O–H groups in total. The number of aliphatic hydroxyl groups excluding tert-OH is 1. The maximum atomic E-state index is 13.1. The molecule has 0 aliphatic heterocycles. The molecule has 7 nitrogen and oxygen atoms in total. The number of hydrogen-bond donors (Lipinski definition) is 3. The van der Waals surface area contributed by atoms with Crippen LogP contribution in [0.4, 0.5) is 10.1 Å². The lowest BCUT2D eigenvalue weighted by atomic mass is 10.2. The second-order valence-corrected chi connectivity index (χ2v) is 3.72. The highest BCUT2D eigenvalue weighted by atomic mass is 19.1. The van der Waals surface area contributed by atoms with Crippen molar-refractivity contribution in [3.8, 4) is 0 Å². The summed E-state index contributed by atoms with van der Waals surface area (Å²) < 4.78 is 17.6. The van der Waals surface area contributed by atoms with Crippen molar-refractivity contribution in [1.29, 1.82) is 0 Å². The van der Waals surface area contributed by atoms with E-state index in [1.54, 1.807) is 6.92 Å². The van der Waals surface area contributed by atoms with E-state index in [0.717, 1.165) is 0 Å². The molecule has 0 radical (unpaired) electrons. The first-order valence-electron chi connectivity index (χ1n) is 5.33. The van der Waals surface area contributed by atoms with Gasteiger partial charge in [-0.15, -0.1) is 0 Å². The molecule has 1 aromatic carbocycles. The van der Waals surface area contributed by atoms with Crippen LogP contribution in [0, 0.1) is 12.7 Å². The molecule has 0 aliphatic rings. The second-order valence-electron chi connectivity index (χ2n) is 3.72. The lowest BCUT2D eigenvalue weighted by Gasteiger charge is -2.03. The van der Waals surface area contributed by atoms with Crippen LogP contribution in [-0.2, 0) is 6.61 Å². The summed E-state index contributed by atoms with van der Waals surface area (Å²) in [7, 11) is 0. The highest BCUT2D eigenvalue weighted by Crippen LogP contribution is 2.18. The van der Waals surface area contributed by atoms with Crippen molar-refractivity contribution in [2.24, 2.45) is 4.99 Å². The summed E-state index contributed by atoms with van der Waals surface area (Å²) in [6, 6.07) is 4.20. The lowest BCUT2D eigenvalue weighted by Crippen LogP contribution is -2.22. The predicted molar refractivity (Wildman–Crippen MR) is 62.5 cm³/mol. The molecule has 100 valence electrons. The fourth-order valence-electron chi connectivity index (χ4n) is 1.45. The summed E-state index contributed by atoms with van der Waals surface area (Å²) in [4.78, 5) is 4.05. The number of aliphatic imine (C=N–C) groups is 1. The van der Waals surface area contributed by atoms with Crippen LogP contribution in [0.25, 0.3) is 0 Å². The molecule has 2 aromatic rings. The molecule has 0 aliphatic carbocycles. The number of nitrogens with zero attached hydrogens (tertiary/aromatic N) is 3. The average molecular weight is 266 g/mol. The van der Waals surface area contributed by atoms with Gasteiger partial charge in [0.1, 0.15) is 11.5 Å². The summed E-state index contributed by atoms with van der Waals surface area (Å²) in [6.45, 7) is 1.18. The van der Waals surface area contributed by atoms with E-state index < -0.39 is 6.61 Å². The van der Waals surface area contributed by atoms with Gasteiger partial charge < -0.3 is 5.11 Å². The standard InChI is InChI=1S/C11H11FN4O3/c1-6-4-7(2-3-8(6)12)13-11(14-18)10-9(5-17)15-19-16-10/h2-4,17-18H,5H2,1H3,(H,13,14). The van der Waals surface area contributed by atoms with E-state index in [4.69, 9.17) is 10.3 Å². The van der Waals surface area contributed by atoms with Crippen LogP contribution >= 0.6 is 0 Å². The van der Waals surface area contributed by atoms with Gasteiger partial charge in [0.25, 0.3) is 0 Å². The van der Waals surface area contributed by atoms with Crippen LogP contribution in [0.3, 0.4) is 0 Å². The van der Waals surface area contributed by atoms with Crippen LogP contribution < -0.4 is 5.48 Å². The highest BCUT2D eigenvalue weighted by molar-refractivity contribution is 5.98. The Morgan fingerprint density at radius 1 is 1.47 bits per heavy atom. The van der Waals surface area contributed by atoms with Crippen LogP contribution in [0.15, 0.2) is 27.8 Å². The van der Waals surface area contributed by atoms with Crippen molar-refractivity contribution in [2.75, 3.05) is 0 Å². The fourth-order valence-corrected chi connectivity index (χ4v) is 1.45. The molecular formula is C11H11FN4O3. The van der Waals surface area contributed by atoms with Crippen molar-refractivity contribution >= 4 is 11.5 Å². The van der Waals surface area contributed by atoms with Gasteiger partial charge in [0.2, 0.25) is 0 Å². The number of nitrogens with one attached hydrogen (secondary N) is 1. The molecule has 0 unspecified atom stereocenters. The first-order chi connectivity index (χ1) is 9.15. The summed E-state index contributed by atoms with van der Waals surface area (Å²) in [5, 5.41) is 25.0. The molecule has 0 atom stereocenters. The first kappa shape index (κ1) is 13.1. The zero-order valence-electron chi connectivity index (χ0n) is 9.96. The van der Waals surface area contributed by atoms with Gasteiger partial charge in [-0.2, -0.15) is 0 Å². The van der Waals surface area contributed by atoms with E-state index in [9.17, 15) is 4.39 Å². The number of aliphatic hydroxyl groups is 1. The molecule has 0 bridgehead atoms. The molecule has 2 rings (SSSR count). The van der Waals surface area contributed by atoms with E-state index >= 15 is 0 Å². The average Bonchev–Trinajstić information content (AvgIpc) is 2.88. The molecule has 8 heteroatoms. The zero-order valence-corrected chi connectivity index (χ0v) is 9.96. The summed E-state index contributed by atoms with van der Waals surface area (Å²) in [5.74, 6) is -0.409. The smallest absolute Gasteiger partial charge is 0.182 e. The molecular weight excluding hydrogens is 255 g/mol. The highest BCUT2D eigenvalue weighted by Gasteiger charge is 2.15. The van der Waals surface area contributed by atoms with Crippen molar-refractivity contribution in [3.05, 3.63) is 41.0 Å². The molecule has 0 spiro atoms. The van der Waals surface area contributed by atoms with Crippen molar-refractivity contribution in [2.45, 2.75) is 13.5 Å². The number of halogens is 1. The van der Waals surface area contributed by atoms with Crippen LogP contribution in [0.2, 0.25) is 0 Å². The molecule has 1 heterocycles. The molecule has 1 aromatic heterocycles. The molecule has 0 fully saturated rings. The van der Waals surface area contributed by atoms with Gasteiger partial charge in [-0.05, 0) is 35.8 Å². The van der Waals surface area contributed by atoms with E-state index in [0.29, 0.717) is 11.3 Å². The minimum Gasteiger partial charge on any atom is -0.390 e. The Morgan fingerprint density at radius 3 is 2.89 bits per heavy atom. The lowest BCUT2D eigenvalue weighted by molar-refractivity contribution is 0.233. The third-order valence-electron chi connectivity index (χ3n) is 2.42. The summed E-state index contributed by atoms with van der Waals surface area (Å²) in [6.07, 6.45) is 0. The largest absolute Gasteiger partial charge is 0.390 e. The maximum absolute atomic E-state index is 13.1. The van der Waals surface area contributed by atoms with E-state index in [1.807, 2.05) is 5.48 Å². The minimum absolute atomic E-state index is 0.0590. The zero-order chi connectivity index (χ0) is 13.8. The fraction of sp³-hybridized carbons (Fsp3) is 0.182. The van der Waals surface area contributed by atoms with Gasteiger partial charge in [-0.25, -0.2) is 14.0 Å².